The number of oxazole rings is 1. The lowest BCUT2D eigenvalue weighted by Crippen LogP contribution is -2.24. The molecule has 0 spiro atoms. The van der Waals surface area contributed by atoms with Gasteiger partial charge in [0.1, 0.15) is 11.3 Å². The van der Waals surface area contributed by atoms with E-state index in [0.717, 1.165) is 28.0 Å². The average molecular weight is 324 g/mol. The molecule has 0 atom stereocenters. The van der Waals surface area contributed by atoms with E-state index in [4.69, 9.17) is 9.15 Å². The molecule has 0 aliphatic heterocycles. The number of benzene rings is 2. The van der Waals surface area contributed by atoms with Crippen molar-refractivity contribution in [3.8, 4) is 5.75 Å². The highest BCUT2D eigenvalue weighted by Gasteiger charge is 2.06. The Morgan fingerprint density at radius 3 is 2.67 bits per heavy atom. The van der Waals surface area contributed by atoms with Crippen molar-refractivity contribution in [2.75, 3.05) is 6.61 Å². The summed E-state index contributed by atoms with van der Waals surface area (Å²) < 4.78 is 10.8. The van der Waals surface area contributed by atoms with Crippen LogP contribution >= 0.6 is 0 Å². The standard InChI is InChI=1S/C19H20N2O3/c1-3-23-16-7-4-14(5-8-16)11-19(22)20-12-15-6-9-18-17(10-15)21-13(2)24-18/h4-10H,3,11-12H2,1-2H3,(H,20,22). The average Bonchev–Trinajstić information content (AvgIpc) is 2.94. The van der Waals surface area contributed by atoms with E-state index in [9.17, 15) is 4.79 Å². The minimum atomic E-state index is -0.0180. The molecule has 24 heavy (non-hydrogen) atoms. The molecule has 1 aromatic heterocycles. The number of carbonyl (C=O) groups is 1. The zero-order chi connectivity index (χ0) is 16.9. The van der Waals surface area contributed by atoms with Crippen molar-refractivity contribution >= 4 is 17.0 Å². The molecule has 0 saturated heterocycles. The number of hydrogen-bond donors (Lipinski definition) is 1. The second-order valence-electron chi connectivity index (χ2n) is 5.57. The lowest BCUT2D eigenvalue weighted by molar-refractivity contribution is -0.120. The number of amides is 1. The molecule has 0 aliphatic rings. The Bertz CT molecular complexity index is 837. The van der Waals surface area contributed by atoms with Crippen LogP contribution in [0, 0.1) is 6.92 Å². The summed E-state index contributed by atoms with van der Waals surface area (Å²) in [6.45, 7) is 4.87. The number of aryl methyl sites for hydroxylation is 1. The minimum Gasteiger partial charge on any atom is -0.494 e. The first-order valence-electron chi connectivity index (χ1n) is 7.98. The van der Waals surface area contributed by atoms with Crippen LogP contribution in [0.25, 0.3) is 11.1 Å². The molecule has 0 unspecified atom stereocenters. The third kappa shape index (κ3) is 3.93. The summed E-state index contributed by atoms with van der Waals surface area (Å²) in [5, 5.41) is 2.93. The van der Waals surface area contributed by atoms with Crippen LogP contribution in [0.2, 0.25) is 0 Å². The quantitative estimate of drug-likeness (QED) is 0.755. The Kier molecular flexibility index (Phi) is 4.79. The highest BCUT2D eigenvalue weighted by atomic mass is 16.5. The van der Waals surface area contributed by atoms with E-state index in [0.29, 0.717) is 25.5 Å². The molecule has 1 N–H and O–H groups in total. The molecule has 0 fully saturated rings. The van der Waals surface area contributed by atoms with Crippen molar-refractivity contribution in [2.45, 2.75) is 26.8 Å². The van der Waals surface area contributed by atoms with Crippen LogP contribution in [0.5, 0.6) is 5.75 Å². The van der Waals surface area contributed by atoms with Crippen LogP contribution in [0.15, 0.2) is 46.9 Å². The molecule has 3 aromatic rings. The maximum atomic E-state index is 12.1. The summed E-state index contributed by atoms with van der Waals surface area (Å²) >= 11 is 0. The van der Waals surface area contributed by atoms with Crippen LogP contribution in [0.1, 0.15) is 23.9 Å². The Labute approximate surface area is 140 Å². The molecule has 5 heteroatoms. The number of nitrogens with zero attached hydrogens (tertiary/aromatic N) is 1. The van der Waals surface area contributed by atoms with Crippen molar-refractivity contribution < 1.29 is 13.9 Å². The van der Waals surface area contributed by atoms with Gasteiger partial charge >= 0.3 is 0 Å². The summed E-state index contributed by atoms with van der Waals surface area (Å²) in [7, 11) is 0. The SMILES string of the molecule is CCOc1ccc(CC(=O)NCc2ccc3oc(C)nc3c2)cc1. The maximum absolute atomic E-state index is 12.1. The van der Waals surface area contributed by atoms with Crippen molar-refractivity contribution in [2.24, 2.45) is 0 Å². The lowest BCUT2D eigenvalue weighted by Gasteiger charge is -2.07. The third-order valence-electron chi connectivity index (χ3n) is 3.65. The predicted molar refractivity (Wildman–Crippen MR) is 91.9 cm³/mol. The molecule has 0 aliphatic carbocycles. The second kappa shape index (κ2) is 7.17. The monoisotopic (exact) mass is 324 g/mol. The van der Waals surface area contributed by atoms with Gasteiger partial charge in [-0.15, -0.1) is 0 Å². The van der Waals surface area contributed by atoms with Crippen LogP contribution in [-0.4, -0.2) is 17.5 Å². The Morgan fingerprint density at radius 1 is 1.17 bits per heavy atom. The van der Waals surface area contributed by atoms with E-state index in [1.165, 1.54) is 0 Å². The van der Waals surface area contributed by atoms with E-state index in [1.807, 2.05) is 56.3 Å². The first-order chi connectivity index (χ1) is 11.6. The van der Waals surface area contributed by atoms with Gasteiger partial charge in [-0.05, 0) is 42.3 Å². The van der Waals surface area contributed by atoms with E-state index in [2.05, 4.69) is 10.3 Å². The topological polar surface area (TPSA) is 64.4 Å². The number of aromatic nitrogens is 1. The van der Waals surface area contributed by atoms with Crippen molar-refractivity contribution in [3.05, 3.63) is 59.5 Å². The van der Waals surface area contributed by atoms with Gasteiger partial charge in [0, 0.05) is 13.5 Å². The minimum absolute atomic E-state index is 0.0180. The Balaban J connectivity index is 1.55. The van der Waals surface area contributed by atoms with Gasteiger partial charge in [0.2, 0.25) is 5.91 Å². The van der Waals surface area contributed by atoms with Crippen LogP contribution in [0.4, 0.5) is 0 Å². The predicted octanol–water partition coefficient (Wildman–Crippen LogP) is 3.39. The van der Waals surface area contributed by atoms with Crippen LogP contribution in [-0.2, 0) is 17.8 Å². The molecule has 124 valence electrons. The first-order valence-corrected chi connectivity index (χ1v) is 7.98. The summed E-state index contributed by atoms with van der Waals surface area (Å²) in [4.78, 5) is 16.4. The molecule has 0 saturated carbocycles. The molecular formula is C19H20N2O3. The van der Waals surface area contributed by atoms with Gasteiger partial charge < -0.3 is 14.5 Å². The van der Waals surface area contributed by atoms with E-state index < -0.39 is 0 Å². The fourth-order valence-corrected chi connectivity index (χ4v) is 2.52. The maximum Gasteiger partial charge on any atom is 0.224 e. The first kappa shape index (κ1) is 16.1. The lowest BCUT2D eigenvalue weighted by atomic mass is 10.1. The molecule has 3 rings (SSSR count). The second-order valence-corrected chi connectivity index (χ2v) is 5.57. The summed E-state index contributed by atoms with van der Waals surface area (Å²) in [6, 6.07) is 13.3. The third-order valence-corrected chi connectivity index (χ3v) is 3.65. The normalized spacial score (nSPS) is 10.8. The van der Waals surface area contributed by atoms with Gasteiger partial charge in [-0.1, -0.05) is 18.2 Å². The van der Waals surface area contributed by atoms with Gasteiger partial charge in [0.05, 0.1) is 13.0 Å². The Morgan fingerprint density at radius 2 is 1.92 bits per heavy atom. The number of rotatable bonds is 6. The fraction of sp³-hybridized carbons (Fsp3) is 0.263. The molecule has 1 amide bonds. The van der Waals surface area contributed by atoms with Gasteiger partial charge in [0.25, 0.3) is 0 Å². The largest absolute Gasteiger partial charge is 0.494 e. The number of ether oxygens (including phenoxy) is 1. The number of hydrogen-bond acceptors (Lipinski definition) is 4. The van der Waals surface area contributed by atoms with Crippen LogP contribution < -0.4 is 10.1 Å². The van der Waals surface area contributed by atoms with Gasteiger partial charge in [-0.2, -0.15) is 0 Å². The zero-order valence-corrected chi connectivity index (χ0v) is 13.8. The fourth-order valence-electron chi connectivity index (χ4n) is 2.52. The van der Waals surface area contributed by atoms with Gasteiger partial charge in [-0.3, -0.25) is 4.79 Å². The smallest absolute Gasteiger partial charge is 0.224 e. The van der Waals surface area contributed by atoms with Crippen molar-refractivity contribution in [1.29, 1.82) is 0 Å². The number of nitrogens with one attached hydrogen (secondary N) is 1. The van der Waals surface area contributed by atoms with Gasteiger partial charge in [-0.25, -0.2) is 4.98 Å². The van der Waals surface area contributed by atoms with E-state index in [-0.39, 0.29) is 5.91 Å². The van der Waals surface area contributed by atoms with E-state index in [1.54, 1.807) is 0 Å². The molecule has 0 radical (unpaired) electrons. The van der Waals surface area contributed by atoms with Crippen molar-refractivity contribution in [1.82, 2.24) is 10.3 Å². The highest BCUT2D eigenvalue weighted by molar-refractivity contribution is 5.79. The van der Waals surface area contributed by atoms with Gasteiger partial charge in [0.15, 0.2) is 11.5 Å². The van der Waals surface area contributed by atoms with Crippen LogP contribution in [0.3, 0.4) is 0 Å². The zero-order valence-electron chi connectivity index (χ0n) is 13.8. The molecule has 0 bridgehead atoms. The summed E-state index contributed by atoms with van der Waals surface area (Å²) in [6.07, 6.45) is 0.345. The molecule has 2 aromatic carbocycles. The number of carbonyl (C=O) groups excluding carboxylic acids is 1. The highest BCUT2D eigenvalue weighted by Crippen LogP contribution is 2.17. The Hall–Kier alpha value is -2.82. The molecular weight excluding hydrogens is 304 g/mol. The van der Waals surface area contributed by atoms with E-state index >= 15 is 0 Å². The summed E-state index contributed by atoms with van der Waals surface area (Å²) in [5.41, 5.74) is 3.53. The molecule has 1 heterocycles. The number of fused-ring (bicyclic) bond motifs is 1. The van der Waals surface area contributed by atoms with Crippen molar-refractivity contribution in [3.63, 3.8) is 0 Å². The summed E-state index contributed by atoms with van der Waals surface area (Å²) in [5.74, 6) is 1.44. The molecule has 5 nitrogen and oxygen atoms in total.